The third kappa shape index (κ3) is 5.73. The number of hydrogen-bond acceptors (Lipinski definition) is 4. The number of aryl methyl sites for hydroxylation is 1. The maximum atomic E-state index is 12.6. The van der Waals surface area contributed by atoms with Crippen molar-refractivity contribution in [3.8, 4) is 11.5 Å². The van der Waals surface area contributed by atoms with Crippen molar-refractivity contribution in [2.75, 3.05) is 7.11 Å². The molecule has 0 atom stereocenters. The molecule has 0 aliphatic heterocycles. The van der Waals surface area contributed by atoms with Gasteiger partial charge >= 0.3 is 5.97 Å². The summed E-state index contributed by atoms with van der Waals surface area (Å²) < 4.78 is 10.9. The van der Waals surface area contributed by atoms with E-state index in [0.29, 0.717) is 22.6 Å². The highest BCUT2D eigenvalue weighted by Gasteiger charge is 2.16. The Labute approximate surface area is 189 Å². The predicted molar refractivity (Wildman–Crippen MR) is 128 cm³/mol. The lowest BCUT2D eigenvalue weighted by molar-refractivity contribution is 0.0729. The Hall–Kier alpha value is -3.66. The van der Waals surface area contributed by atoms with Crippen LogP contribution in [-0.2, 0) is 5.41 Å². The van der Waals surface area contributed by atoms with E-state index < -0.39 is 5.97 Å². The first-order valence-electron chi connectivity index (χ1n) is 10.5. The molecule has 3 aromatic carbocycles. The lowest BCUT2D eigenvalue weighted by atomic mass is 9.87. The maximum absolute atomic E-state index is 12.6. The van der Waals surface area contributed by atoms with Crippen molar-refractivity contribution in [1.82, 2.24) is 0 Å². The molecular weight excluding hydrogens is 400 g/mol. The molecule has 0 unspecified atom stereocenters. The molecule has 0 amide bonds. The zero-order chi connectivity index (χ0) is 23.3. The van der Waals surface area contributed by atoms with Crippen molar-refractivity contribution in [3.63, 3.8) is 0 Å². The standard InChI is InChI=1S/C28H28O4/c1-19-6-10-21(11-7-19)24(29)16-8-20-9-17-25(26(18-20)31-5)32-27(30)22-12-14-23(15-13-22)28(2,3)4/h6-18H,1-5H3. The van der Waals surface area contributed by atoms with E-state index in [-0.39, 0.29) is 11.2 Å². The zero-order valence-electron chi connectivity index (χ0n) is 19.1. The second kappa shape index (κ2) is 9.65. The van der Waals surface area contributed by atoms with E-state index in [2.05, 4.69) is 20.8 Å². The van der Waals surface area contributed by atoms with Crippen LogP contribution in [-0.4, -0.2) is 18.9 Å². The van der Waals surface area contributed by atoms with E-state index in [9.17, 15) is 9.59 Å². The molecule has 0 saturated carbocycles. The molecule has 0 aromatic heterocycles. The molecular formula is C28H28O4. The minimum absolute atomic E-state index is 0.00976. The smallest absolute Gasteiger partial charge is 0.343 e. The first-order valence-corrected chi connectivity index (χ1v) is 10.5. The van der Waals surface area contributed by atoms with Crippen molar-refractivity contribution >= 4 is 17.8 Å². The SMILES string of the molecule is COc1cc(C=CC(=O)c2ccc(C)cc2)ccc1OC(=O)c1ccc(C(C)(C)C)cc1. The van der Waals surface area contributed by atoms with Gasteiger partial charge in [-0.15, -0.1) is 0 Å². The highest BCUT2D eigenvalue weighted by atomic mass is 16.6. The van der Waals surface area contributed by atoms with Crippen LogP contribution in [0.4, 0.5) is 0 Å². The molecule has 0 heterocycles. The van der Waals surface area contributed by atoms with Crippen molar-refractivity contribution in [2.24, 2.45) is 0 Å². The summed E-state index contributed by atoms with van der Waals surface area (Å²) in [5.74, 6) is 0.189. The number of ketones is 1. The summed E-state index contributed by atoms with van der Waals surface area (Å²) in [6.07, 6.45) is 3.23. The first-order chi connectivity index (χ1) is 15.2. The van der Waals surface area contributed by atoms with E-state index in [0.717, 1.165) is 16.7 Å². The van der Waals surface area contributed by atoms with Crippen LogP contribution in [0.25, 0.3) is 6.08 Å². The van der Waals surface area contributed by atoms with Crippen LogP contribution in [0.3, 0.4) is 0 Å². The van der Waals surface area contributed by atoms with Crippen molar-refractivity contribution < 1.29 is 19.1 Å². The van der Waals surface area contributed by atoms with Gasteiger partial charge in [0.2, 0.25) is 0 Å². The molecule has 0 radical (unpaired) electrons. The molecule has 0 N–H and O–H groups in total. The number of ether oxygens (including phenoxy) is 2. The molecule has 3 aromatic rings. The molecule has 4 heteroatoms. The topological polar surface area (TPSA) is 52.6 Å². The fraction of sp³-hybridized carbons (Fsp3) is 0.214. The van der Waals surface area contributed by atoms with Crippen LogP contribution >= 0.6 is 0 Å². The lowest BCUT2D eigenvalue weighted by Gasteiger charge is -2.19. The van der Waals surface area contributed by atoms with Crippen LogP contribution in [0, 0.1) is 6.92 Å². The Morgan fingerprint density at radius 3 is 2.03 bits per heavy atom. The normalized spacial score (nSPS) is 11.4. The molecule has 0 spiro atoms. The van der Waals surface area contributed by atoms with E-state index in [1.54, 1.807) is 48.5 Å². The number of benzene rings is 3. The molecule has 0 saturated heterocycles. The third-order valence-electron chi connectivity index (χ3n) is 5.14. The zero-order valence-corrected chi connectivity index (χ0v) is 19.1. The monoisotopic (exact) mass is 428 g/mol. The fourth-order valence-electron chi connectivity index (χ4n) is 3.12. The summed E-state index contributed by atoms with van der Waals surface area (Å²) in [6.45, 7) is 8.34. The molecule has 3 rings (SSSR count). The number of rotatable bonds is 6. The summed E-state index contributed by atoms with van der Waals surface area (Å²) in [4.78, 5) is 24.9. The van der Waals surface area contributed by atoms with Crippen LogP contribution in [0.1, 0.15) is 58.2 Å². The van der Waals surface area contributed by atoms with E-state index >= 15 is 0 Å². The van der Waals surface area contributed by atoms with Crippen LogP contribution < -0.4 is 9.47 Å². The van der Waals surface area contributed by atoms with Gasteiger partial charge in [0, 0.05) is 5.56 Å². The summed E-state index contributed by atoms with van der Waals surface area (Å²) >= 11 is 0. The second-order valence-corrected chi connectivity index (χ2v) is 8.69. The Morgan fingerprint density at radius 2 is 1.44 bits per heavy atom. The van der Waals surface area contributed by atoms with Crippen LogP contribution in [0.2, 0.25) is 0 Å². The van der Waals surface area contributed by atoms with Gasteiger partial charge in [-0.3, -0.25) is 4.79 Å². The van der Waals surface area contributed by atoms with Gasteiger partial charge in [0.05, 0.1) is 12.7 Å². The number of hydrogen-bond donors (Lipinski definition) is 0. The summed E-state index contributed by atoms with van der Waals surface area (Å²) in [5, 5.41) is 0. The quantitative estimate of drug-likeness (QED) is 0.197. The Bertz CT molecular complexity index is 1130. The summed E-state index contributed by atoms with van der Waals surface area (Å²) in [5.41, 5.74) is 4.11. The highest BCUT2D eigenvalue weighted by Crippen LogP contribution is 2.30. The minimum Gasteiger partial charge on any atom is -0.493 e. The number of carbonyl (C=O) groups is 2. The molecule has 0 aliphatic rings. The summed E-state index contributed by atoms with van der Waals surface area (Å²) in [7, 11) is 1.51. The van der Waals surface area contributed by atoms with Gasteiger partial charge in [0.25, 0.3) is 0 Å². The predicted octanol–water partition coefficient (Wildman–Crippen LogP) is 6.42. The number of methoxy groups -OCH3 is 1. The van der Waals surface area contributed by atoms with Gasteiger partial charge in [-0.2, -0.15) is 0 Å². The second-order valence-electron chi connectivity index (χ2n) is 8.69. The molecule has 4 nitrogen and oxygen atoms in total. The Balaban J connectivity index is 1.73. The number of allylic oxidation sites excluding steroid dienone is 1. The van der Waals surface area contributed by atoms with Gasteiger partial charge in [-0.25, -0.2) is 4.79 Å². The molecule has 32 heavy (non-hydrogen) atoms. The Morgan fingerprint density at radius 1 is 0.812 bits per heavy atom. The van der Waals surface area contributed by atoms with Crippen molar-refractivity contribution in [3.05, 3.63) is 101 Å². The van der Waals surface area contributed by atoms with Crippen molar-refractivity contribution in [1.29, 1.82) is 0 Å². The van der Waals surface area contributed by atoms with Gasteiger partial charge in [0.1, 0.15) is 0 Å². The summed E-state index contributed by atoms with van der Waals surface area (Å²) in [6, 6.07) is 20.0. The number of carbonyl (C=O) groups excluding carboxylic acids is 2. The molecule has 164 valence electrons. The van der Waals surface area contributed by atoms with Gasteiger partial charge in [-0.1, -0.05) is 74.9 Å². The average Bonchev–Trinajstić information content (AvgIpc) is 2.78. The van der Waals surface area contributed by atoms with Gasteiger partial charge in [-0.05, 0) is 53.8 Å². The molecule has 0 fully saturated rings. The van der Waals surface area contributed by atoms with Crippen LogP contribution in [0.5, 0.6) is 11.5 Å². The van der Waals surface area contributed by atoms with Gasteiger partial charge in [0.15, 0.2) is 17.3 Å². The minimum atomic E-state index is -0.457. The van der Waals surface area contributed by atoms with E-state index in [1.165, 1.54) is 13.2 Å². The van der Waals surface area contributed by atoms with Gasteiger partial charge < -0.3 is 9.47 Å². The average molecular weight is 429 g/mol. The van der Waals surface area contributed by atoms with Crippen LogP contribution in [0.15, 0.2) is 72.8 Å². The highest BCUT2D eigenvalue weighted by molar-refractivity contribution is 6.06. The Kier molecular flexibility index (Phi) is 6.94. The first kappa shape index (κ1) is 23.0. The van der Waals surface area contributed by atoms with E-state index in [4.69, 9.17) is 9.47 Å². The lowest BCUT2D eigenvalue weighted by Crippen LogP contribution is -2.13. The molecule has 0 bridgehead atoms. The van der Waals surface area contributed by atoms with Crippen molar-refractivity contribution in [2.45, 2.75) is 33.1 Å². The third-order valence-corrected chi connectivity index (χ3v) is 5.14. The molecule has 0 aliphatic carbocycles. The fourth-order valence-corrected chi connectivity index (χ4v) is 3.12. The number of esters is 1. The maximum Gasteiger partial charge on any atom is 0.343 e. The largest absolute Gasteiger partial charge is 0.493 e. The van der Waals surface area contributed by atoms with E-state index in [1.807, 2.05) is 31.2 Å².